The molecule has 24 heavy (non-hydrogen) atoms. The average molecular weight is 383 g/mol. The molecule has 7 heteroatoms. The van der Waals surface area contributed by atoms with Crippen molar-refractivity contribution in [3.05, 3.63) is 63.6 Å². The highest BCUT2D eigenvalue weighted by molar-refractivity contribution is 8.00. The number of thioether (sulfide) groups is 1. The van der Waals surface area contributed by atoms with Crippen LogP contribution in [0.3, 0.4) is 0 Å². The third kappa shape index (κ3) is 4.90. The Morgan fingerprint density at radius 3 is 2.54 bits per heavy atom. The summed E-state index contributed by atoms with van der Waals surface area (Å²) in [6, 6.07) is 12.1. The highest BCUT2D eigenvalue weighted by atomic mass is 35.5. The third-order valence-electron chi connectivity index (χ3n) is 3.29. The Kier molecular flexibility index (Phi) is 6.54. The number of hydrogen-bond acceptors (Lipinski definition) is 3. The maximum atomic E-state index is 12.5. The zero-order valence-corrected chi connectivity index (χ0v) is 15.2. The van der Waals surface area contributed by atoms with Crippen molar-refractivity contribution in [2.75, 3.05) is 5.75 Å². The molecule has 0 aromatic heterocycles. The first-order chi connectivity index (χ1) is 11.4. The molecular weight excluding hydrogens is 367 g/mol. The number of hydrogen-bond donors (Lipinski definition) is 2. The van der Waals surface area contributed by atoms with Gasteiger partial charge in [-0.3, -0.25) is 9.59 Å². The van der Waals surface area contributed by atoms with E-state index >= 15 is 0 Å². The van der Waals surface area contributed by atoms with E-state index in [0.717, 1.165) is 5.56 Å². The highest BCUT2D eigenvalue weighted by Gasteiger charge is 2.16. The number of benzene rings is 2. The van der Waals surface area contributed by atoms with Crippen LogP contribution in [0, 0.1) is 0 Å². The van der Waals surface area contributed by atoms with Crippen molar-refractivity contribution in [3.8, 4) is 0 Å². The predicted molar refractivity (Wildman–Crippen MR) is 98.7 cm³/mol. The van der Waals surface area contributed by atoms with E-state index in [-0.39, 0.29) is 17.7 Å². The number of carbonyl (C=O) groups excluding carboxylic acids is 2. The maximum Gasteiger partial charge on any atom is 0.252 e. The fraction of sp³-hybridized carbons (Fsp3) is 0.176. The van der Waals surface area contributed by atoms with Crippen LogP contribution in [0.5, 0.6) is 0 Å². The Bertz CT molecular complexity index is 768. The van der Waals surface area contributed by atoms with Crippen LogP contribution >= 0.6 is 35.0 Å². The summed E-state index contributed by atoms with van der Waals surface area (Å²) in [6.07, 6.45) is 0. The van der Waals surface area contributed by atoms with E-state index in [0.29, 0.717) is 20.5 Å². The number of nitrogens with one attached hydrogen (secondary N) is 1. The SMILES string of the molecule is CC(NC(=O)c1ccccc1SCC(N)=O)c1ccc(Cl)c(Cl)c1. The number of carbonyl (C=O) groups is 2. The van der Waals surface area contributed by atoms with Crippen LogP contribution in [0.2, 0.25) is 10.0 Å². The number of halogens is 2. The van der Waals surface area contributed by atoms with Crippen LogP contribution in [0.25, 0.3) is 0 Å². The molecule has 0 aliphatic rings. The monoisotopic (exact) mass is 382 g/mol. The minimum atomic E-state index is -0.431. The number of nitrogens with two attached hydrogens (primary N) is 1. The Labute approximate surface area is 154 Å². The van der Waals surface area contributed by atoms with Crippen molar-refractivity contribution < 1.29 is 9.59 Å². The molecule has 0 saturated heterocycles. The Morgan fingerprint density at radius 1 is 1.17 bits per heavy atom. The smallest absolute Gasteiger partial charge is 0.252 e. The Morgan fingerprint density at radius 2 is 1.88 bits per heavy atom. The van der Waals surface area contributed by atoms with Crippen LogP contribution < -0.4 is 11.1 Å². The second-order valence-corrected chi connectivity index (χ2v) is 6.95. The van der Waals surface area contributed by atoms with Crippen molar-refractivity contribution in [2.24, 2.45) is 5.73 Å². The first-order valence-corrected chi connectivity index (χ1v) is 8.88. The van der Waals surface area contributed by atoms with E-state index < -0.39 is 5.91 Å². The molecule has 0 aliphatic carbocycles. The van der Waals surface area contributed by atoms with Gasteiger partial charge >= 0.3 is 0 Å². The molecule has 0 aliphatic heterocycles. The molecule has 0 heterocycles. The van der Waals surface area contributed by atoms with Gasteiger partial charge in [0.25, 0.3) is 5.91 Å². The maximum absolute atomic E-state index is 12.5. The minimum absolute atomic E-state index is 0.118. The van der Waals surface area contributed by atoms with Gasteiger partial charge in [-0.25, -0.2) is 0 Å². The summed E-state index contributed by atoms with van der Waals surface area (Å²) in [6.45, 7) is 1.86. The zero-order valence-electron chi connectivity index (χ0n) is 12.9. The average Bonchev–Trinajstić information content (AvgIpc) is 2.55. The van der Waals surface area contributed by atoms with Gasteiger partial charge in [-0.05, 0) is 36.8 Å². The minimum Gasteiger partial charge on any atom is -0.369 e. The predicted octanol–water partition coefficient (Wildman–Crippen LogP) is 4.06. The van der Waals surface area contributed by atoms with Crippen LogP contribution in [-0.4, -0.2) is 17.6 Å². The lowest BCUT2D eigenvalue weighted by Gasteiger charge is -2.16. The van der Waals surface area contributed by atoms with Gasteiger partial charge in [0.1, 0.15) is 0 Å². The van der Waals surface area contributed by atoms with E-state index in [2.05, 4.69) is 5.32 Å². The quantitative estimate of drug-likeness (QED) is 0.739. The molecule has 0 saturated carbocycles. The lowest BCUT2D eigenvalue weighted by atomic mass is 10.1. The Hall–Kier alpha value is -1.69. The standard InChI is InChI=1S/C17H16Cl2N2O2S/c1-10(11-6-7-13(18)14(19)8-11)21-17(23)12-4-2-3-5-15(12)24-9-16(20)22/h2-8,10H,9H2,1H3,(H2,20,22)(H,21,23). The van der Waals surface area contributed by atoms with E-state index in [1.165, 1.54) is 11.8 Å². The van der Waals surface area contributed by atoms with E-state index in [1.54, 1.807) is 30.3 Å². The molecule has 2 aromatic carbocycles. The molecule has 2 amide bonds. The summed E-state index contributed by atoms with van der Waals surface area (Å²) in [7, 11) is 0. The fourth-order valence-corrected chi connectivity index (χ4v) is 3.16. The zero-order chi connectivity index (χ0) is 17.7. The number of rotatable bonds is 6. The first kappa shape index (κ1) is 18.6. The van der Waals surface area contributed by atoms with Gasteiger partial charge in [0.05, 0.1) is 27.4 Å². The van der Waals surface area contributed by atoms with E-state index in [4.69, 9.17) is 28.9 Å². The number of amides is 2. The number of primary amides is 1. The molecule has 2 rings (SSSR count). The fourth-order valence-electron chi connectivity index (χ4n) is 2.07. The van der Waals surface area contributed by atoms with Gasteiger partial charge in [0.2, 0.25) is 5.91 Å². The summed E-state index contributed by atoms with van der Waals surface area (Å²) in [5, 5.41) is 3.82. The second-order valence-electron chi connectivity index (χ2n) is 5.12. The van der Waals surface area contributed by atoms with Gasteiger partial charge in [-0.2, -0.15) is 0 Å². The molecule has 0 bridgehead atoms. The van der Waals surface area contributed by atoms with Crippen molar-refractivity contribution in [1.82, 2.24) is 5.32 Å². The molecule has 1 unspecified atom stereocenters. The Balaban J connectivity index is 2.14. The molecule has 0 spiro atoms. The van der Waals surface area contributed by atoms with E-state index in [1.807, 2.05) is 19.1 Å². The molecule has 0 radical (unpaired) electrons. The first-order valence-electron chi connectivity index (χ1n) is 7.14. The second kappa shape index (κ2) is 8.42. The van der Waals surface area contributed by atoms with Crippen molar-refractivity contribution in [1.29, 1.82) is 0 Å². The van der Waals surface area contributed by atoms with E-state index in [9.17, 15) is 9.59 Å². The van der Waals surface area contributed by atoms with Gasteiger partial charge < -0.3 is 11.1 Å². The lowest BCUT2D eigenvalue weighted by molar-refractivity contribution is -0.115. The topological polar surface area (TPSA) is 72.2 Å². The van der Waals surface area contributed by atoms with Gasteiger partial charge in [-0.1, -0.05) is 41.4 Å². The molecule has 4 nitrogen and oxygen atoms in total. The molecule has 3 N–H and O–H groups in total. The summed E-state index contributed by atoms with van der Waals surface area (Å²) in [5.41, 5.74) is 6.51. The summed E-state index contributed by atoms with van der Waals surface area (Å²) >= 11 is 13.2. The molecule has 0 fully saturated rings. The normalized spacial score (nSPS) is 11.8. The third-order valence-corrected chi connectivity index (χ3v) is 5.13. The van der Waals surface area contributed by atoms with Gasteiger partial charge in [0, 0.05) is 4.90 Å². The van der Waals surface area contributed by atoms with Crippen LogP contribution in [0.1, 0.15) is 28.9 Å². The molecule has 126 valence electrons. The largest absolute Gasteiger partial charge is 0.369 e. The summed E-state index contributed by atoms with van der Waals surface area (Å²) < 4.78 is 0. The molecule has 2 aromatic rings. The van der Waals surface area contributed by atoms with Gasteiger partial charge in [0.15, 0.2) is 0 Å². The van der Waals surface area contributed by atoms with Crippen LogP contribution in [-0.2, 0) is 4.79 Å². The molecule has 1 atom stereocenters. The highest BCUT2D eigenvalue weighted by Crippen LogP contribution is 2.27. The van der Waals surface area contributed by atoms with Crippen molar-refractivity contribution in [2.45, 2.75) is 17.9 Å². The van der Waals surface area contributed by atoms with Gasteiger partial charge in [-0.15, -0.1) is 11.8 Å². The molecular formula is C17H16Cl2N2O2S. The van der Waals surface area contributed by atoms with Crippen LogP contribution in [0.4, 0.5) is 0 Å². The van der Waals surface area contributed by atoms with Crippen LogP contribution in [0.15, 0.2) is 47.4 Å². The van der Waals surface area contributed by atoms with Crippen molar-refractivity contribution in [3.63, 3.8) is 0 Å². The summed E-state index contributed by atoms with van der Waals surface area (Å²) in [4.78, 5) is 24.2. The van der Waals surface area contributed by atoms with Crippen molar-refractivity contribution >= 4 is 46.8 Å². The lowest BCUT2D eigenvalue weighted by Crippen LogP contribution is -2.27. The summed E-state index contributed by atoms with van der Waals surface area (Å²) in [5.74, 6) is -0.548.